The molecule has 0 aliphatic heterocycles. The second kappa shape index (κ2) is 6.14. The van der Waals surface area contributed by atoms with Crippen LogP contribution in [-0.2, 0) is 4.79 Å². The highest BCUT2D eigenvalue weighted by molar-refractivity contribution is 5.80. The summed E-state index contributed by atoms with van der Waals surface area (Å²) >= 11 is 0. The molecule has 78 valence electrons. The van der Waals surface area contributed by atoms with Crippen LogP contribution < -0.4 is 0 Å². The Morgan fingerprint density at radius 3 is 2.23 bits per heavy atom. The number of carbonyl (C=O) groups excluding carboxylic acids is 1. The standard InChI is InChI=1S/C11H22O2/c1-5-10(12)8(3)7-9(4)11(13)6-2/h8-10,12H,5-7H2,1-4H3/t8-,9+,10+/m1/s1. The molecule has 0 amide bonds. The van der Waals surface area contributed by atoms with Gasteiger partial charge in [0.2, 0.25) is 0 Å². The Bertz CT molecular complexity index is 154. The van der Waals surface area contributed by atoms with Crippen LogP contribution in [0, 0.1) is 11.8 Å². The van der Waals surface area contributed by atoms with Gasteiger partial charge in [-0.05, 0) is 18.8 Å². The second-order valence-corrected chi connectivity index (χ2v) is 3.91. The molecule has 0 aliphatic carbocycles. The SMILES string of the molecule is CCC(=O)[C@@H](C)C[C@@H](C)[C@@H](O)CC. The first kappa shape index (κ1) is 12.6. The van der Waals surface area contributed by atoms with Gasteiger partial charge in [0.15, 0.2) is 0 Å². The fourth-order valence-electron chi connectivity index (χ4n) is 1.60. The molecule has 0 aromatic carbocycles. The summed E-state index contributed by atoms with van der Waals surface area (Å²) in [7, 11) is 0. The molecule has 0 saturated carbocycles. The van der Waals surface area contributed by atoms with Gasteiger partial charge in [0.1, 0.15) is 5.78 Å². The Balaban J connectivity index is 3.90. The molecule has 0 unspecified atom stereocenters. The Hall–Kier alpha value is -0.370. The summed E-state index contributed by atoms with van der Waals surface area (Å²) in [6.07, 6.45) is 1.93. The van der Waals surface area contributed by atoms with Gasteiger partial charge in [0.05, 0.1) is 6.10 Å². The predicted molar refractivity (Wildman–Crippen MR) is 54.5 cm³/mol. The van der Waals surface area contributed by atoms with Crippen LogP contribution in [-0.4, -0.2) is 17.0 Å². The van der Waals surface area contributed by atoms with Crippen LogP contribution in [0.4, 0.5) is 0 Å². The van der Waals surface area contributed by atoms with Crippen molar-refractivity contribution >= 4 is 5.78 Å². The molecule has 2 nitrogen and oxygen atoms in total. The number of hydrogen-bond donors (Lipinski definition) is 1. The third kappa shape index (κ3) is 4.41. The highest BCUT2D eigenvalue weighted by Crippen LogP contribution is 2.18. The van der Waals surface area contributed by atoms with E-state index < -0.39 is 0 Å². The highest BCUT2D eigenvalue weighted by atomic mass is 16.3. The molecule has 0 fully saturated rings. The number of rotatable bonds is 6. The number of carbonyl (C=O) groups is 1. The van der Waals surface area contributed by atoms with E-state index >= 15 is 0 Å². The average molecular weight is 186 g/mol. The maximum absolute atomic E-state index is 11.3. The predicted octanol–water partition coefficient (Wildman–Crippen LogP) is 2.40. The van der Waals surface area contributed by atoms with Crippen molar-refractivity contribution in [2.45, 2.75) is 53.1 Å². The zero-order valence-corrected chi connectivity index (χ0v) is 9.21. The van der Waals surface area contributed by atoms with Gasteiger partial charge in [-0.1, -0.05) is 27.7 Å². The molecule has 13 heavy (non-hydrogen) atoms. The van der Waals surface area contributed by atoms with Gasteiger partial charge < -0.3 is 5.11 Å². The summed E-state index contributed by atoms with van der Waals surface area (Å²) in [6, 6.07) is 0. The van der Waals surface area contributed by atoms with E-state index in [0.29, 0.717) is 12.2 Å². The number of hydrogen-bond acceptors (Lipinski definition) is 2. The van der Waals surface area contributed by atoms with E-state index in [4.69, 9.17) is 0 Å². The van der Waals surface area contributed by atoms with Crippen LogP contribution in [0.2, 0.25) is 0 Å². The first-order valence-corrected chi connectivity index (χ1v) is 5.23. The lowest BCUT2D eigenvalue weighted by atomic mass is 9.89. The van der Waals surface area contributed by atoms with Gasteiger partial charge in [-0.3, -0.25) is 4.79 Å². The van der Waals surface area contributed by atoms with E-state index in [2.05, 4.69) is 0 Å². The number of aliphatic hydroxyl groups excluding tert-OH is 1. The molecule has 0 rings (SSSR count). The molecule has 0 aliphatic rings. The number of ketones is 1. The van der Waals surface area contributed by atoms with E-state index in [-0.39, 0.29) is 17.9 Å². The first-order chi connectivity index (χ1) is 6.02. The summed E-state index contributed by atoms with van der Waals surface area (Å²) in [4.78, 5) is 11.3. The van der Waals surface area contributed by atoms with Crippen molar-refractivity contribution in [1.82, 2.24) is 0 Å². The molecule has 0 heterocycles. The van der Waals surface area contributed by atoms with Gasteiger partial charge in [-0.15, -0.1) is 0 Å². The van der Waals surface area contributed by atoms with Crippen molar-refractivity contribution in [1.29, 1.82) is 0 Å². The van der Waals surface area contributed by atoms with Crippen molar-refractivity contribution in [2.75, 3.05) is 0 Å². The topological polar surface area (TPSA) is 37.3 Å². The van der Waals surface area contributed by atoms with Crippen molar-refractivity contribution in [3.63, 3.8) is 0 Å². The number of aliphatic hydroxyl groups is 1. The van der Waals surface area contributed by atoms with Crippen LogP contribution >= 0.6 is 0 Å². The van der Waals surface area contributed by atoms with Crippen LogP contribution in [0.1, 0.15) is 47.0 Å². The second-order valence-electron chi connectivity index (χ2n) is 3.91. The largest absolute Gasteiger partial charge is 0.393 e. The summed E-state index contributed by atoms with van der Waals surface area (Å²) in [5.41, 5.74) is 0. The number of Topliss-reactive ketones (excluding diaryl/α,β-unsaturated/α-hetero) is 1. The lowest BCUT2D eigenvalue weighted by Crippen LogP contribution is -2.22. The molecule has 0 spiro atoms. The fraction of sp³-hybridized carbons (Fsp3) is 0.909. The lowest BCUT2D eigenvalue weighted by Gasteiger charge is -2.20. The molecule has 0 aromatic rings. The minimum Gasteiger partial charge on any atom is -0.393 e. The van der Waals surface area contributed by atoms with Gasteiger partial charge in [0.25, 0.3) is 0 Å². The van der Waals surface area contributed by atoms with Crippen molar-refractivity contribution < 1.29 is 9.90 Å². The van der Waals surface area contributed by atoms with E-state index in [1.54, 1.807) is 0 Å². The Morgan fingerprint density at radius 2 is 1.85 bits per heavy atom. The van der Waals surface area contributed by atoms with E-state index in [0.717, 1.165) is 12.8 Å². The van der Waals surface area contributed by atoms with Gasteiger partial charge in [-0.2, -0.15) is 0 Å². The van der Waals surface area contributed by atoms with Gasteiger partial charge in [-0.25, -0.2) is 0 Å². The summed E-state index contributed by atoms with van der Waals surface area (Å²) in [5, 5.41) is 9.52. The third-order valence-electron chi connectivity index (χ3n) is 2.70. The fourth-order valence-corrected chi connectivity index (χ4v) is 1.60. The zero-order chi connectivity index (χ0) is 10.4. The molecule has 0 aromatic heterocycles. The maximum atomic E-state index is 11.3. The van der Waals surface area contributed by atoms with Crippen molar-refractivity contribution in [3.8, 4) is 0 Å². The molecule has 1 N–H and O–H groups in total. The summed E-state index contributed by atoms with van der Waals surface area (Å²) in [6.45, 7) is 7.81. The summed E-state index contributed by atoms with van der Waals surface area (Å²) in [5.74, 6) is 0.631. The van der Waals surface area contributed by atoms with Gasteiger partial charge in [0, 0.05) is 12.3 Å². The van der Waals surface area contributed by atoms with Crippen molar-refractivity contribution in [3.05, 3.63) is 0 Å². The molecule has 0 radical (unpaired) electrons. The van der Waals surface area contributed by atoms with Crippen LogP contribution in [0.15, 0.2) is 0 Å². The zero-order valence-electron chi connectivity index (χ0n) is 9.21. The minimum absolute atomic E-state index is 0.0983. The molecule has 3 atom stereocenters. The van der Waals surface area contributed by atoms with Crippen LogP contribution in [0.3, 0.4) is 0 Å². The molecule has 2 heteroatoms. The molecule has 0 saturated heterocycles. The van der Waals surface area contributed by atoms with E-state index in [1.807, 2.05) is 27.7 Å². The Labute approximate surface area is 81.3 Å². The van der Waals surface area contributed by atoms with Crippen molar-refractivity contribution in [2.24, 2.45) is 11.8 Å². The van der Waals surface area contributed by atoms with Crippen LogP contribution in [0.25, 0.3) is 0 Å². The average Bonchev–Trinajstić information content (AvgIpc) is 2.14. The maximum Gasteiger partial charge on any atom is 0.135 e. The third-order valence-corrected chi connectivity index (χ3v) is 2.70. The Morgan fingerprint density at radius 1 is 1.31 bits per heavy atom. The monoisotopic (exact) mass is 186 g/mol. The van der Waals surface area contributed by atoms with E-state index in [1.165, 1.54) is 0 Å². The summed E-state index contributed by atoms with van der Waals surface area (Å²) < 4.78 is 0. The molecular weight excluding hydrogens is 164 g/mol. The van der Waals surface area contributed by atoms with Crippen LogP contribution in [0.5, 0.6) is 0 Å². The lowest BCUT2D eigenvalue weighted by molar-refractivity contribution is -0.122. The molecular formula is C11H22O2. The minimum atomic E-state index is -0.257. The quantitative estimate of drug-likeness (QED) is 0.691. The smallest absolute Gasteiger partial charge is 0.135 e. The highest BCUT2D eigenvalue weighted by Gasteiger charge is 2.18. The van der Waals surface area contributed by atoms with Gasteiger partial charge >= 0.3 is 0 Å². The first-order valence-electron chi connectivity index (χ1n) is 5.23. The molecule has 0 bridgehead atoms. The normalized spacial score (nSPS) is 17.9. The van der Waals surface area contributed by atoms with E-state index in [9.17, 15) is 9.90 Å². The Kier molecular flexibility index (Phi) is 5.97.